The molecule has 0 bridgehead atoms. The molecule has 0 amide bonds. The minimum absolute atomic E-state index is 0.170. The van der Waals surface area contributed by atoms with Gasteiger partial charge < -0.3 is 9.21 Å². The van der Waals surface area contributed by atoms with Crippen molar-refractivity contribution in [1.29, 1.82) is 0 Å². The summed E-state index contributed by atoms with van der Waals surface area (Å²) >= 11 is 0. The molecule has 0 spiro atoms. The first kappa shape index (κ1) is 35.5. The normalized spacial score (nSPS) is 18.1. The molecule has 2 radical (unpaired) electrons. The molecule has 7 heteroatoms. The van der Waals surface area contributed by atoms with Crippen molar-refractivity contribution in [3.05, 3.63) is 70.1 Å². The van der Waals surface area contributed by atoms with Gasteiger partial charge in [-0.2, -0.15) is 0 Å². The molecule has 2 aliphatic carbocycles. The van der Waals surface area contributed by atoms with Gasteiger partial charge in [0, 0.05) is 36.9 Å². The van der Waals surface area contributed by atoms with Gasteiger partial charge in [0.05, 0.1) is 26.0 Å². The molecule has 1 aliphatic heterocycles. The van der Waals surface area contributed by atoms with Crippen molar-refractivity contribution in [1.82, 2.24) is 9.38 Å². The van der Waals surface area contributed by atoms with Crippen LogP contribution in [0.3, 0.4) is 0 Å². The van der Waals surface area contributed by atoms with E-state index in [1.54, 1.807) is 4.48 Å². The molecule has 1 aromatic carbocycles. The minimum atomic E-state index is -0.256. The van der Waals surface area contributed by atoms with Gasteiger partial charge in [-0.3, -0.25) is 13.7 Å². The van der Waals surface area contributed by atoms with Crippen LogP contribution < -0.4 is 0 Å². The van der Waals surface area contributed by atoms with E-state index in [1.165, 1.54) is 29.4 Å². The summed E-state index contributed by atoms with van der Waals surface area (Å²) in [6, 6.07) is 8.04. The molecule has 1 saturated heterocycles. The first-order valence-corrected chi connectivity index (χ1v) is 15.6. The van der Waals surface area contributed by atoms with Crippen molar-refractivity contribution >= 4 is 25.6 Å². The number of aryl methyl sites for hydroxylation is 1. The Labute approximate surface area is 254 Å². The fraction of sp³-hybridized carbons (Fsp3) is 0.571. The highest BCUT2D eigenvalue weighted by molar-refractivity contribution is 6.08. The third-order valence-corrected chi connectivity index (χ3v) is 8.13. The molecule has 1 fully saturated rings. The zero-order valence-electron chi connectivity index (χ0n) is 26.9. The Kier molecular flexibility index (Phi) is 15.3. The lowest BCUT2D eigenvalue weighted by molar-refractivity contribution is 0.0600. The van der Waals surface area contributed by atoms with Crippen molar-refractivity contribution in [2.45, 2.75) is 86.1 Å². The summed E-state index contributed by atoms with van der Waals surface area (Å²) in [6.45, 7) is 14.4. The topological polar surface area (TPSA) is 34.5 Å². The zero-order chi connectivity index (χ0) is 31.2. The number of allylic oxidation sites excluding steroid dienone is 3. The summed E-state index contributed by atoms with van der Waals surface area (Å²) in [5, 5.41) is 0. The van der Waals surface area contributed by atoms with Crippen molar-refractivity contribution < 1.29 is 18.3 Å². The van der Waals surface area contributed by atoms with Gasteiger partial charge in [-0.15, -0.1) is 0 Å². The molecule has 1 aromatic heterocycles. The van der Waals surface area contributed by atoms with E-state index in [1.807, 2.05) is 45.9 Å². The van der Waals surface area contributed by atoms with Crippen LogP contribution in [0.4, 0.5) is 8.78 Å². The summed E-state index contributed by atoms with van der Waals surface area (Å²) in [5.74, 6) is 0.793. The molecule has 3 aliphatic rings. The van der Waals surface area contributed by atoms with E-state index in [0.717, 1.165) is 63.1 Å². The van der Waals surface area contributed by atoms with Gasteiger partial charge in [-0.1, -0.05) is 59.3 Å². The van der Waals surface area contributed by atoms with Crippen LogP contribution >= 0.6 is 0 Å². The molecule has 2 unspecified atom stereocenters. The summed E-state index contributed by atoms with van der Waals surface area (Å²) in [5.41, 5.74) is 8.10. The number of benzene rings is 1. The van der Waals surface area contributed by atoms with Crippen LogP contribution in [-0.2, 0) is 17.7 Å². The third-order valence-electron chi connectivity index (χ3n) is 8.13. The molecule has 2 aromatic rings. The highest BCUT2D eigenvalue weighted by atomic mass is 19.1. The first-order valence-electron chi connectivity index (χ1n) is 15.6. The molecule has 42 heavy (non-hydrogen) atoms. The lowest BCUT2D eigenvalue weighted by Crippen LogP contribution is -2.47. The molecule has 5 rings (SSSR count). The second-order valence-electron chi connectivity index (χ2n) is 11.4. The summed E-state index contributed by atoms with van der Waals surface area (Å²) in [7, 11) is 7.56. The first-order chi connectivity index (χ1) is 20.2. The van der Waals surface area contributed by atoms with E-state index in [4.69, 9.17) is 12.7 Å². The molecular weight excluding hydrogens is 529 g/mol. The number of ether oxygens (including phenoxy) is 1. The van der Waals surface area contributed by atoms with E-state index < -0.39 is 0 Å². The number of carbonyl (C=O) groups is 1. The Morgan fingerprint density at radius 3 is 2.48 bits per heavy atom. The summed E-state index contributed by atoms with van der Waals surface area (Å²) in [4.78, 5) is 13.7. The average molecular weight is 581 g/mol. The van der Waals surface area contributed by atoms with E-state index in [9.17, 15) is 13.6 Å². The van der Waals surface area contributed by atoms with Crippen molar-refractivity contribution in [2.24, 2.45) is 11.8 Å². The van der Waals surface area contributed by atoms with Crippen LogP contribution in [-0.4, -0.2) is 56.9 Å². The number of rotatable bonds is 6. The maximum Gasteiger partial charge on any atom is 0.337 e. The number of carbonyl (C=O) groups excluding carboxylic acids is 1. The zero-order valence-corrected chi connectivity index (χ0v) is 26.9. The third kappa shape index (κ3) is 9.69. The Hall–Kier alpha value is -2.67. The molecule has 2 heterocycles. The van der Waals surface area contributed by atoms with Crippen LogP contribution in [0.2, 0.25) is 0 Å². The number of hydrogen-bond donors (Lipinski definition) is 0. The fourth-order valence-corrected chi connectivity index (χ4v) is 5.21. The molecule has 4 nitrogen and oxygen atoms in total. The van der Waals surface area contributed by atoms with Crippen LogP contribution in [0.5, 0.6) is 0 Å². The van der Waals surface area contributed by atoms with Crippen molar-refractivity contribution in [2.75, 3.05) is 33.5 Å². The maximum absolute atomic E-state index is 12.4. The SMILES string of the molecule is CC.CCC(C)CF.COC(=O)c1ccc2c(c1)CCCC=C2C.[B]n1c(CN2CC(CF)C2)cc2c1C=CCC2C. The Balaban J connectivity index is 0.000000237. The van der Waals surface area contributed by atoms with E-state index >= 15 is 0 Å². The second kappa shape index (κ2) is 18.1. The molecule has 0 saturated carbocycles. The van der Waals surface area contributed by atoms with E-state index in [-0.39, 0.29) is 31.2 Å². The number of aromatic nitrogens is 1. The van der Waals surface area contributed by atoms with Gasteiger partial charge in [0.15, 0.2) is 0 Å². The van der Waals surface area contributed by atoms with Crippen LogP contribution in [0, 0.1) is 11.8 Å². The smallest absolute Gasteiger partial charge is 0.337 e. The van der Waals surface area contributed by atoms with Gasteiger partial charge >= 0.3 is 5.97 Å². The molecular formula is C35H51BF2N2O2. The average Bonchev–Trinajstić information content (AvgIpc) is 3.21. The Bertz CT molecular complexity index is 1180. The number of nitrogens with zero attached hydrogens (tertiary/aromatic N) is 2. The van der Waals surface area contributed by atoms with Gasteiger partial charge in [0.1, 0.15) is 0 Å². The predicted molar refractivity (Wildman–Crippen MR) is 174 cm³/mol. The number of fused-ring (bicyclic) bond motifs is 2. The Morgan fingerprint density at radius 2 is 1.90 bits per heavy atom. The number of likely N-dealkylation sites (tertiary alicyclic amines) is 1. The van der Waals surface area contributed by atoms with Crippen molar-refractivity contribution in [3.8, 4) is 0 Å². The number of hydrogen-bond acceptors (Lipinski definition) is 3. The highest BCUT2D eigenvalue weighted by Gasteiger charge is 2.28. The largest absolute Gasteiger partial charge is 0.465 e. The van der Waals surface area contributed by atoms with Gasteiger partial charge in [0.25, 0.3) is 0 Å². The molecule has 2 atom stereocenters. The monoisotopic (exact) mass is 580 g/mol. The van der Waals surface area contributed by atoms with Crippen LogP contribution in [0.15, 0.2) is 36.4 Å². The minimum Gasteiger partial charge on any atom is -0.465 e. The van der Waals surface area contributed by atoms with Crippen LogP contribution in [0.1, 0.15) is 112 Å². The number of halogens is 2. The van der Waals surface area contributed by atoms with Crippen LogP contribution in [0.25, 0.3) is 11.6 Å². The fourth-order valence-electron chi connectivity index (χ4n) is 5.21. The number of methoxy groups -OCH3 is 1. The standard InChI is InChI=1S/C14H18BFN2.C14H16O2.C5H11F.C2H6/c1-10-3-2-4-14-13(10)5-12(18(14)15)9-17-7-11(6-16)8-17;1-10-5-3-4-6-11-9-12(14(15)16-2)7-8-13(10)11;1-3-5(2)4-6;1-2/h2,4-5,10-11H,3,6-9H2,1H3;5,7-9H,3-4,6H2,1-2H3;5H,3-4H2,1-2H3;1-2H3. The predicted octanol–water partition coefficient (Wildman–Crippen LogP) is 8.58. The van der Waals surface area contributed by atoms with Crippen molar-refractivity contribution in [3.63, 3.8) is 0 Å². The second-order valence-corrected chi connectivity index (χ2v) is 11.4. The quantitative estimate of drug-likeness (QED) is 0.254. The number of esters is 1. The lowest BCUT2D eigenvalue weighted by atomic mass is 9.93. The number of alkyl halides is 2. The summed E-state index contributed by atoms with van der Waals surface area (Å²) < 4.78 is 30.3. The van der Waals surface area contributed by atoms with Gasteiger partial charge in [-0.25, -0.2) is 4.79 Å². The highest BCUT2D eigenvalue weighted by Crippen LogP contribution is 2.32. The van der Waals surface area contributed by atoms with Gasteiger partial charge in [-0.05, 0) is 91.0 Å². The molecule has 230 valence electrons. The van der Waals surface area contributed by atoms with Gasteiger partial charge in [0.2, 0.25) is 7.98 Å². The lowest BCUT2D eigenvalue weighted by Gasteiger charge is -2.37. The maximum atomic E-state index is 12.4. The molecule has 0 N–H and O–H groups in total. The van der Waals surface area contributed by atoms with E-state index in [0.29, 0.717) is 11.5 Å². The summed E-state index contributed by atoms with van der Waals surface area (Å²) in [6.07, 6.45) is 11.9. The Morgan fingerprint density at radius 1 is 1.19 bits per heavy atom. The van der Waals surface area contributed by atoms with E-state index in [2.05, 4.69) is 43.0 Å².